The number of fused-ring (bicyclic) bond motifs is 2. The minimum atomic E-state index is 0.0813. The lowest BCUT2D eigenvalue weighted by molar-refractivity contribution is 0.212. The monoisotopic (exact) mass is 299 g/mol. The third-order valence-electron chi connectivity index (χ3n) is 3.84. The number of halogens is 1. The molecule has 0 amide bonds. The Morgan fingerprint density at radius 3 is 3.00 bits per heavy atom. The molecule has 3 aromatic rings. The molecule has 0 fully saturated rings. The lowest BCUT2D eigenvalue weighted by Gasteiger charge is -2.13. The van der Waals surface area contributed by atoms with Crippen LogP contribution in [0, 0.1) is 0 Å². The first-order chi connectivity index (χ1) is 10.2. The molecule has 2 aromatic carbocycles. The summed E-state index contributed by atoms with van der Waals surface area (Å²) in [7, 11) is 0. The Morgan fingerprint density at radius 2 is 2.14 bits per heavy atom. The van der Waals surface area contributed by atoms with Gasteiger partial charge in [0.05, 0.1) is 17.6 Å². The van der Waals surface area contributed by atoms with E-state index in [1.807, 2.05) is 41.0 Å². The summed E-state index contributed by atoms with van der Waals surface area (Å²) in [4.78, 5) is 4.37. The second-order valence-electron chi connectivity index (χ2n) is 5.27. The molecule has 1 aliphatic heterocycles. The van der Waals surface area contributed by atoms with Crippen LogP contribution in [0.5, 0.6) is 5.75 Å². The first kappa shape index (κ1) is 12.5. The number of hydrogen-bond acceptors (Lipinski definition) is 3. The zero-order valence-corrected chi connectivity index (χ0v) is 12.0. The average Bonchev–Trinajstić information content (AvgIpc) is 3.00. The normalized spacial score (nSPS) is 16.9. The second-order valence-corrected chi connectivity index (χ2v) is 5.70. The van der Waals surface area contributed by atoms with Gasteiger partial charge < -0.3 is 15.0 Å². The lowest BCUT2D eigenvalue weighted by atomic mass is 10.1. The molecule has 0 radical (unpaired) electrons. The van der Waals surface area contributed by atoms with Gasteiger partial charge in [-0.2, -0.15) is 0 Å². The van der Waals surface area contributed by atoms with Crippen LogP contribution in [0.2, 0.25) is 5.02 Å². The smallest absolute Gasteiger partial charge is 0.201 e. The van der Waals surface area contributed by atoms with E-state index in [1.165, 1.54) is 5.56 Å². The first-order valence-corrected chi connectivity index (χ1v) is 7.24. The molecular formula is C16H14ClN3O. The Labute approximate surface area is 127 Å². The van der Waals surface area contributed by atoms with Gasteiger partial charge >= 0.3 is 0 Å². The van der Waals surface area contributed by atoms with Crippen molar-refractivity contribution in [3.63, 3.8) is 0 Å². The highest BCUT2D eigenvalue weighted by atomic mass is 35.5. The number of rotatable bonds is 2. The van der Waals surface area contributed by atoms with E-state index in [2.05, 4.69) is 11.1 Å². The van der Waals surface area contributed by atoms with Crippen molar-refractivity contribution in [2.24, 2.45) is 0 Å². The summed E-state index contributed by atoms with van der Waals surface area (Å²) in [6.45, 7) is 0.679. The topological polar surface area (TPSA) is 53.1 Å². The predicted octanol–water partition coefficient (Wildman–Crippen LogP) is 3.28. The Hall–Kier alpha value is -2.20. The zero-order chi connectivity index (χ0) is 14.4. The maximum absolute atomic E-state index is 6.04. The Balaban J connectivity index is 1.65. The number of ether oxygens (including phenoxy) is 1. The van der Waals surface area contributed by atoms with E-state index in [-0.39, 0.29) is 6.10 Å². The Kier molecular flexibility index (Phi) is 2.79. The van der Waals surface area contributed by atoms with Crippen molar-refractivity contribution in [3.8, 4) is 5.75 Å². The Morgan fingerprint density at radius 1 is 1.29 bits per heavy atom. The second kappa shape index (κ2) is 4.67. The van der Waals surface area contributed by atoms with E-state index in [0.29, 0.717) is 17.5 Å². The van der Waals surface area contributed by atoms with Gasteiger partial charge in [-0.1, -0.05) is 29.8 Å². The van der Waals surface area contributed by atoms with Gasteiger partial charge in [-0.15, -0.1) is 0 Å². The van der Waals surface area contributed by atoms with Crippen LogP contribution in [-0.2, 0) is 13.0 Å². The van der Waals surface area contributed by atoms with Crippen molar-refractivity contribution in [1.29, 1.82) is 0 Å². The number of hydrogen-bond donors (Lipinski definition) is 1. The number of para-hydroxylation sites is 1. The molecule has 106 valence electrons. The van der Waals surface area contributed by atoms with Crippen LogP contribution in [0.1, 0.15) is 5.56 Å². The first-order valence-electron chi connectivity index (χ1n) is 6.86. The van der Waals surface area contributed by atoms with E-state index in [4.69, 9.17) is 22.1 Å². The van der Waals surface area contributed by atoms with Crippen LogP contribution >= 0.6 is 11.6 Å². The molecule has 2 N–H and O–H groups in total. The maximum Gasteiger partial charge on any atom is 0.201 e. The summed E-state index contributed by atoms with van der Waals surface area (Å²) in [6, 6.07) is 13.8. The van der Waals surface area contributed by atoms with Crippen LogP contribution in [-0.4, -0.2) is 15.7 Å². The third-order valence-corrected chi connectivity index (χ3v) is 4.07. The van der Waals surface area contributed by atoms with Gasteiger partial charge in [-0.25, -0.2) is 4.98 Å². The molecule has 2 heterocycles. The standard InChI is InChI=1S/C16H14ClN3O/c17-11-5-6-14-13(8-11)19-16(18)20(14)9-12-7-10-3-1-2-4-15(10)21-12/h1-6,8,12H,7,9H2,(H2,18,19). The van der Waals surface area contributed by atoms with Gasteiger partial charge in [0.15, 0.2) is 0 Å². The molecule has 4 nitrogen and oxygen atoms in total. The Bertz CT molecular complexity index is 803. The molecule has 0 bridgehead atoms. The number of benzene rings is 2. The molecule has 0 spiro atoms. The molecule has 4 rings (SSSR count). The summed E-state index contributed by atoms with van der Waals surface area (Å²) in [5.74, 6) is 1.46. The summed E-state index contributed by atoms with van der Waals surface area (Å²) in [5.41, 5.74) is 9.08. The van der Waals surface area contributed by atoms with Gasteiger partial charge in [-0.3, -0.25) is 0 Å². The molecule has 1 aromatic heterocycles. The minimum Gasteiger partial charge on any atom is -0.488 e. The molecule has 0 aliphatic carbocycles. The van der Waals surface area contributed by atoms with Crippen molar-refractivity contribution in [3.05, 3.63) is 53.1 Å². The molecule has 0 saturated carbocycles. The fraction of sp³-hybridized carbons (Fsp3) is 0.188. The minimum absolute atomic E-state index is 0.0813. The van der Waals surface area contributed by atoms with E-state index >= 15 is 0 Å². The van der Waals surface area contributed by atoms with E-state index in [9.17, 15) is 0 Å². The SMILES string of the molecule is Nc1nc2cc(Cl)ccc2n1CC1Cc2ccccc2O1. The third kappa shape index (κ3) is 2.12. The van der Waals surface area contributed by atoms with Crippen molar-refractivity contribution in [1.82, 2.24) is 9.55 Å². The van der Waals surface area contributed by atoms with Gasteiger partial charge in [0.1, 0.15) is 11.9 Å². The highest BCUT2D eigenvalue weighted by molar-refractivity contribution is 6.31. The van der Waals surface area contributed by atoms with Crippen LogP contribution < -0.4 is 10.5 Å². The summed E-state index contributed by atoms with van der Waals surface area (Å²) >= 11 is 6.00. The van der Waals surface area contributed by atoms with Crippen molar-refractivity contribution in [2.45, 2.75) is 19.1 Å². The van der Waals surface area contributed by atoms with E-state index in [0.717, 1.165) is 23.2 Å². The van der Waals surface area contributed by atoms with Crippen LogP contribution in [0.3, 0.4) is 0 Å². The van der Waals surface area contributed by atoms with E-state index < -0.39 is 0 Å². The van der Waals surface area contributed by atoms with Crippen molar-refractivity contribution >= 4 is 28.6 Å². The number of imidazole rings is 1. The molecule has 1 unspecified atom stereocenters. The van der Waals surface area contributed by atoms with E-state index in [1.54, 1.807) is 0 Å². The molecule has 1 aliphatic rings. The van der Waals surface area contributed by atoms with Gasteiger partial charge in [0.25, 0.3) is 0 Å². The highest BCUT2D eigenvalue weighted by Gasteiger charge is 2.24. The molecule has 0 saturated heterocycles. The predicted molar refractivity (Wildman–Crippen MR) is 83.7 cm³/mol. The molecule has 1 atom stereocenters. The number of aromatic nitrogens is 2. The van der Waals surface area contributed by atoms with Gasteiger partial charge in [-0.05, 0) is 29.8 Å². The summed E-state index contributed by atoms with van der Waals surface area (Å²) in [5, 5.41) is 0.664. The quantitative estimate of drug-likeness (QED) is 0.790. The van der Waals surface area contributed by atoms with Crippen molar-refractivity contribution < 1.29 is 4.74 Å². The maximum atomic E-state index is 6.04. The number of anilines is 1. The molecule has 21 heavy (non-hydrogen) atoms. The van der Waals surface area contributed by atoms with Crippen LogP contribution in [0.4, 0.5) is 5.95 Å². The fourth-order valence-corrected chi connectivity index (χ4v) is 3.04. The summed E-state index contributed by atoms with van der Waals surface area (Å²) < 4.78 is 7.97. The van der Waals surface area contributed by atoms with Crippen molar-refractivity contribution in [2.75, 3.05) is 5.73 Å². The van der Waals surface area contributed by atoms with Crippen LogP contribution in [0.25, 0.3) is 11.0 Å². The number of nitrogens with zero attached hydrogens (tertiary/aromatic N) is 2. The average molecular weight is 300 g/mol. The molecular weight excluding hydrogens is 286 g/mol. The number of nitrogens with two attached hydrogens (primary N) is 1. The lowest BCUT2D eigenvalue weighted by Crippen LogP contribution is -2.21. The largest absolute Gasteiger partial charge is 0.488 e. The van der Waals surface area contributed by atoms with Crippen LogP contribution in [0.15, 0.2) is 42.5 Å². The zero-order valence-electron chi connectivity index (χ0n) is 11.3. The fourth-order valence-electron chi connectivity index (χ4n) is 2.87. The number of nitrogen functional groups attached to an aromatic ring is 1. The highest BCUT2D eigenvalue weighted by Crippen LogP contribution is 2.30. The molecule has 5 heteroatoms. The van der Waals surface area contributed by atoms with Gasteiger partial charge in [0, 0.05) is 11.4 Å². The summed E-state index contributed by atoms with van der Waals surface area (Å²) in [6.07, 6.45) is 0.973. The van der Waals surface area contributed by atoms with Gasteiger partial charge in [0.2, 0.25) is 5.95 Å².